The van der Waals surface area contributed by atoms with Crippen molar-refractivity contribution in [1.29, 1.82) is 0 Å². The molecule has 0 aliphatic heterocycles. The van der Waals surface area contributed by atoms with Gasteiger partial charge in [-0.1, -0.05) is 6.42 Å². The summed E-state index contributed by atoms with van der Waals surface area (Å²) in [6.07, 6.45) is 5.76. The van der Waals surface area contributed by atoms with Crippen LogP contribution >= 0.6 is 0 Å². The van der Waals surface area contributed by atoms with E-state index in [1.54, 1.807) is 0 Å². The molecule has 5 heteroatoms. The molecule has 0 radical (unpaired) electrons. The molecule has 1 aliphatic carbocycles. The van der Waals surface area contributed by atoms with Crippen molar-refractivity contribution in [3.8, 4) is 0 Å². The summed E-state index contributed by atoms with van der Waals surface area (Å²) in [5.74, 6) is 7.23. The lowest BCUT2D eigenvalue weighted by atomic mass is 10.1. The van der Waals surface area contributed by atoms with Gasteiger partial charge in [0.1, 0.15) is 5.82 Å². The zero-order chi connectivity index (χ0) is 13.0. The second kappa shape index (κ2) is 6.00. The highest BCUT2D eigenvalue weighted by Crippen LogP contribution is 2.26. The molecule has 0 bridgehead atoms. The number of nitrogens with one attached hydrogen (secondary N) is 1. The Labute approximate surface area is 109 Å². The summed E-state index contributed by atoms with van der Waals surface area (Å²) in [6, 6.07) is 0. The smallest absolute Gasteiger partial charge is 0.227 e. The van der Waals surface area contributed by atoms with E-state index in [0.717, 1.165) is 37.7 Å². The van der Waals surface area contributed by atoms with Crippen LogP contribution in [0.3, 0.4) is 0 Å². The third-order valence-electron chi connectivity index (χ3n) is 3.60. The summed E-state index contributed by atoms with van der Waals surface area (Å²) in [4.78, 5) is 11.5. The van der Waals surface area contributed by atoms with Crippen molar-refractivity contribution in [3.63, 3.8) is 0 Å². The Morgan fingerprint density at radius 2 is 1.83 bits per heavy atom. The number of nitrogens with two attached hydrogens (primary N) is 1. The van der Waals surface area contributed by atoms with Crippen LogP contribution in [0.5, 0.6) is 0 Å². The summed E-state index contributed by atoms with van der Waals surface area (Å²) >= 11 is 0. The molecule has 1 heterocycles. The van der Waals surface area contributed by atoms with Gasteiger partial charge in [-0.15, -0.1) is 0 Å². The van der Waals surface area contributed by atoms with E-state index < -0.39 is 0 Å². The van der Waals surface area contributed by atoms with Crippen LogP contribution in [0.1, 0.15) is 44.4 Å². The first-order chi connectivity index (χ1) is 8.80. The summed E-state index contributed by atoms with van der Waals surface area (Å²) in [5, 5.41) is 0. The lowest BCUT2D eigenvalue weighted by Gasteiger charge is -2.21. The van der Waals surface area contributed by atoms with Crippen molar-refractivity contribution in [1.82, 2.24) is 9.97 Å². The first kappa shape index (κ1) is 13.1. The predicted octanol–water partition coefficient (Wildman–Crippen LogP) is 1.88. The minimum absolute atomic E-state index is 0.800. The van der Waals surface area contributed by atoms with Gasteiger partial charge in [0, 0.05) is 18.7 Å². The van der Waals surface area contributed by atoms with E-state index in [2.05, 4.69) is 29.2 Å². The SMILES string of the molecule is CCN(CC)c1nc2c(c(NN)n1)CCCCC2. The Kier molecular flexibility index (Phi) is 4.36. The molecule has 5 nitrogen and oxygen atoms in total. The van der Waals surface area contributed by atoms with E-state index in [0.29, 0.717) is 0 Å². The van der Waals surface area contributed by atoms with Crippen LogP contribution in [0.25, 0.3) is 0 Å². The number of hydrazine groups is 1. The first-order valence-electron chi connectivity index (χ1n) is 6.91. The Balaban J connectivity index is 2.42. The molecule has 0 unspecified atom stereocenters. The van der Waals surface area contributed by atoms with E-state index in [1.807, 2.05) is 0 Å². The van der Waals surface area contributed by atoms with Crippen LogP contribution in [-0.2, 0) is 12.8 Å². The molecule has 3 N–H and O–H groups in total. The number of hydrogen-bond acceptors (Lipinski definition) is 5. The molecule has 0 atom stereocenters. The third kappa shape index (κ3) is 2.56. The van der Waals surface area contributed by atoms with Crippen molar-refractivity contribution in [2.75, 3.05) is 23.4 Å². The first-order valence-corrected chi connectivity index (χ1v) is 6.91. The zero-order valence-electron chi connectivity index (χ0n) is 11.4. The highest BCUT2D eigenvalue weighted by Gasteiger charge is 2.17. The molecule has 1 aliphatic rings. The summed E-state index contributed by atoms with van der Waals surface area (Å²) in [7, 11) is 0. The van der Waals surface area contributed by atoms with Gasteiger partial charge in [0.15, 0.2) is 0 Å². The lowest BCUT2D eigenvalue weighted by Crippen LogP contribution is -2.26. The normalized spacial score (nSPS) is 14.8. The highest BCUT2D eigenvalue weighted by molar-refractivity contribution is 5.51. The topological polar surface area (TPSA) is 67.1 Å². The number of nitrogen functional groups attached to an aromatic ring is 1. The average molecular weight is 249 g/mol. The molecule has 0 saturated heterocycles. The molecule has 0 amide bonds. The van der Waals surface area contributed by atoms with Gasteiger partial charge in [-0.2, -0.15) is 4.98 Å². The molecule has 0 saturated carbocycles. The lowest BCUT2D eigenvalue weighted by molar-refractivity contribution is 0.708. The van der Waals surface area contributed by atoms with Gasteiger partial charge >= 0.3 is 0 Å². The van der Waals surface area contributed by atoms with Gasteiger partial charge in [-0.3, -0.25) is 0 Å². The van der Waals surface area contributed by atoms with Gasteiger partial charge in [0.25, 0.3) is 0 Å². The molecule has 1 aromatic rings. The van der Waals surface area contributed by atoms with Crippen molar-refractivity contribution in [3.05, 3.63) is 11.3 Å². The summed E-state index contributed by atoms with van der Waals surface area (Å²) in [5.41, 5.74) is 5.14. The molecule has 2 rings (SSSR count). The number of anilines is 2. The van der Waals surface area contributed by atoms with Crippen LogP contribution in [0.4, 0.5) is 11.8 Å². The van der Waals surface area contributed by atoms with Crippen molar-refractivity contribution >= 4 is 11.8 Å². The molecule has 18 heavy (non-hydrogen) atoms. The number of nitrogens with zero attached hydrogens (tertiary/aromatic N) is 3. The second-order valence-corrected chi connectivity index (χ2v) is 4.67. The fourth-order valence-corrected chi connectivity index (χ4v) is 2.53. The molecular formula is C13H23N5. The minimum Gasteiger partial charge on any atom is -0.341 e. The molecule has 100 valence electrons. The fourth-order valence-electron chi connectivity index (χ4n) is 2.53. The van der Waals surface area contributed by atoms with Crippen molar-refractivity contribution in [2.24, 2.45) is 5.84 Å². The predicted molar refractivity (Wildman–Crippen MR) is 74.7 cm³/mol. The Bertz CT molecular complexity index is 401. The van der Waals surface area contributed by atoms with Crippen LogP contribution < -0.4 is 16.2 Å². The van der Waals surface area contributed by atoms with E-state index in [4.69, 9.17) is 10.8 Å². The monoisotopic (exact) mass is 249 g/mol. The number of fused-ring (bicyclic) bond motifs is 1. The van der Waals surface area contributed by atoms with Crippen molar-refractivity contribution < 1.29 is 0 Å². The van der Waals surface area contributed by atoms with Crippen molar-refractivity contribution in [2.45, 2.75) is 46.0 Å². The van der Waals surface area contributed by atoms with Crippen LogP contribution in [0.15, 0.2) is 0 Å². The van der Waals surface area contributed by atoms with Crippen LogP contribution in [0.2, 0.25) is 0 Å². The number of rotatable bonds is 4. The summed E-state index contributed by atoms with van der Waals surface area (Å²) < 4.78 is 0. The van der Waals surface area contributed by atoms with Gasteiger partial charge in [-0.25, -0.2) is 10.8 Å². The quantitative estimate of drug-likeness (QED) is 0.484. The summed E-state index contributed by atoms with van der Waals surface area (Å²) in [6.45, 7) is 6.07. The van der Waals surface area contributed by atoms with Crippen LogP contribution in [0, 0.1) is 0 Å². The maximum atomic E-state index is 5.62. The van der Waals surface area contributed by atoms with E-state index in [1.165, 1.54) is 30.5 Å². The minimum atomic E-state index is 0.800. The maximum Gasteiger partial charge on any atom is 0.227 e. The maximum absolute atomic E-state index is 5.62. The molecule has 0 fully saturated rings. The Morgan fingerprint density at radius 1 is 1.11 bits per heavy atom. The van der Waals surface area contributed by atoms with E-state index in [9.17, 15) is 0 Å². The molecular weight excluding hydrogens is 226 g/mol. The highest BCUT2D eigenvalue weighted by atomic mass is 15.3. The van der Waals surface area contributed by atoms with Gasteiger partial charge in [0.05, 0.1) is 5.69 Å². The largest absolute Gasteiger partial charge is 0.341 e. The van der Waals surface area contributed by atoms with E-state index in [-0.39, 0.29) is 0 Å². The number of aryl methyl sites for hydroxylation is 1. The Hall–Kier alpha value is -1.36. The van der Waals surface area contributed by atoms with Gasteiger partial charge in [0.2, 0.25) is 5.95 Å². The number of aromatic nitrogens is 2. The molecule has 0 spiro atoms. The zero-order valence-corrected chi connectivity index (χ0v) is 11.4. The van der Waals surface area contributed by atoms with E-state index >= 15 is 0 Å². The second-order valence-electron chi connectivity index (χ2n) is 4.67. The van der Waals surface area contributed by atoms with Crippen LogP contribution in [-0.4, -0.2) is 23.1 Å². The molecule has 1 aromatic heterocycles. The molecule has 0 aromatic carbocycles. The fraction of sp³-hybridized carbons (Fsp3) is 0.692. The van der Waals surface area contributed by atoms with Gasteiger partial charge in [-0.05, 0) is 39.5 Å². The average Bonchev–Trinajstić information content (AvgIpc) is 2.64. The standard InChI is InChI=1S/C13H23N5/c1-3-18(4-2)13-15-11-9-7-5-6-8-10(11)12(16-13)17-14/h3-9,14H2,1-2H3,(H,15,16,17). The number of hydrogen-bond donors (Lipinski definition) is 2. The Morgan fingerprint density at radius 3 is 2.50 bits per heavy atom. The van der Waals surface area contributed by atoms with Gasteiger partial charge < -0.3 is 10.3 Å². The third-order valence-corrected chi connectivity index (χ3v) is 3.60.